The van der Waals surface area contributed by atoms with Gasteiger partial charge in [-0.05, 0) is 29.7 Å². The second kappa shape index (κ2) is 9.85. The van der Waals surface area contributed by atoms with Crippen molar-refractivity contribution in [1.82, 2.24) is 10.2 Å². The van der Waals surface area contributed by atoms with E-state index in [1.807, 2.05) is 18.2 Å². The van der Waals surface area contributed by atoms with E-state index < -0.39 is 5.97 Å². The molecule has 2 atom stereocenters. The number of hydrogen-bond donors (Lipinski definition) is 2. The van der Waals surface area contributed by atoms with E-state index in [0.29, 0.717) is 6.61 Å². The van der Waals surface area contributed by atoms with Gasteiger partial charge >= 0.3 is 5.97 Å². The van der Waals surface area contributed by atoms with Crippen molar-refractivity contribution < 1.29 is 14.6 Å². The summed E-state index contributed by atoms with van der Waals surface area (Å²) in [7, 11) is 0. The van der Waals surface area contributed by atoms with Crippen molar-refractivity contribution in [2.75, 3.05) is 32.8 Å². The van der Waals surface area contributed by atoms with Crippen molar-refractivity contribution in [3.05, 3.63) is 70.7 Å². The normalized spacial score (nSPS) is 18.9. The molecule has 1 aliphatic rings. The first-order chi connectivity index (χ1) is 13.1. The van der Waals surface area contributed by atoms with Gasteiger partial charge in [0.2, 0.25) is 0 Å². The van der Waals surface area contributed by atoms with Crippen LogP contribution in [0.2, 0.25) is 5.02 Å². The molecule has 2 N–H and O–H groups in total. The summed E-state index contributed by atoms with van der Waals surface area (Å²) in [5.41, 5.74) is 2.43. The number of carbonyl (C=O) groups is 1. The minimum Gasteiger partial charge on any atom is -0.480 e. The fourth-order valence-electron chi connectivity index (χ4n) is 3.62. The predicted octanol–water partition coefficient (Wildman–Crippen LogP) is 3.19. The Kier molecular flexibility index (Phi) is 7.24. The van der Waals surface area contributed by atoms with Crippen molar-refractivity contribution in [2.24, 2.45) is 0 Å². The lowest BCUT2D eigenvalue weighted by Gasteiger charge is -2.42. The lowest BCUT2D eigenvalue weighted by molar-refractivity contribution is -0.142. The predicted molar refractivity (Wildman–Crippen MR) is 106 cm³/mol. The Morgan fingerprint density at radius 1 is 1.19 bits per heavy atom. The molecule has 2 aromatic carbocycles. The number of piperazine rings is 1. The van der Waals surface area contributed by atoms with Gasteiger partial charge in [-0.2, -0.15) is 0 Å². The minimum absolute atomic E-state index is 0.120. The number of benzene rings is 2. The van der Waals surface area contributed by atoms with Crippen LogP contribution in [0.5, 0.6) is 0 Å². The second-order valence-corrected chi connectivity index (χ2v) is 7.13. The molecule has 0 amide bonds. The van der Waals surface area contributed by atoms with Gasteiger partial charge in [-0.3, -0.25) is 4.90 Å². The van der Waals surface area contributed by atoms with Crippen LogP contribution in [0.4, 0.5) is 0 Å². The highest BCUT2D eigenvalue weighted by Crippen LogP contribution is 2.32. The number of rotatable bonds is 8. The zero-order chi connectivity index (χ0) is 19.1. The molecule has 1 saturated heterocycles. The van der Waals surface area contributed by atoms with E-state index in [9.17, 15) is 4.79 Å². The highest BCUT2D eigenvalue weighted by atomic mass is 35.5. The largest absolute Gasteiger partial charge is 0.480 e. The zero-order valence-corrected chi connectivity index (χ0v) is 15.9. The fraction of sp³-hybridized carbons (Fsp3) is 0.381. The number of halogens is 1. The monoisotopic (exact) mass is 388 g/mol. The van der Waals surface area contributed by atoms with Gasteiger partial charge < -0.3 is 15.2 Å². The average molecular weight is 389 g/mol. The molecular formula is C21H25ClN2O3. The molecule has 3 rings (SSSR count). The van der Waals surface area contributed by atoms with Crippen LogP contribution in [-0.2, 0) is 9.53 Å². The maximum Gasteiger partial charge on any atom is 0.329 e. The van der Waals surface area contributed by atoms with E-state index in [0.717, 1.165) is 31.1 Å². The Morgan fingerprint density at radius 2 is 1.89 bits per heavy atom. The van der Waals surface area contributed by atoms with E-state index in [1.165, 1.54) is 11.1 Å². The molecule has 1 aliphatic heterocycles. The standard InChI is InChI=1S/C21H25ClN2O3/c22-18-8-6-17(7-9-18)21(16-4-2-1-3-5-16)24-12-11-23-14-19(24)10-13-27-15-20(25)26/h1-9,19,21,23H,10-15H2,(H,25,26). The Balaban J connectivity index is 1.82. The van der Waals surface area contributed by atoms with E-state index in [2.05, 4.69) is 46.6 Å². The Bertz CT molecular complexity index is 724. The lowest BCUT2D eigenvalue weighted by atomic mass is 9.94. The summed E-state index contributed by atoms with van der Waals surface area (Å²) in [5.74, 6) is -0.933. The van der Waals surface area contributed by atoms with Crippen molar-refractivity contribution in [1.29, 1.82) is 0 Å². The van der Waals surface area contributed by atoms with Gasteiger partial charge in [-0.15, -0.1) is 0 Å². The van der Waals surface area contributed by atoms with Crippen LogP contribution in [0, 0.1) is 0 Å². The summed E-state index contributed by atoms with van der Waals surface area (Å²) >= 11 is 6.10. The number of carboxylic acids is 1. The summed E-state index contributed by atoms with van der Waals surface area (Å²) in [6.07, 6.45) is 0.775. The third-order valence-corrected chi connectivity index (χ3v) is 5.10. The molecule has 0 bridgehead atoms. The van der Waals surface area contributed by atoms with Gasteiger partial charge in [0.15, 0.2) is 0 Å². The first-order valence-corrected chi connectivity index (χ1v) is 9.59. The number of ether oxygens (including phenoxy) is 1. The Hall–Kier alpha value is -1.92. The van der Waals surface area contributed by atoms with Crippen LogP contribution in [0.25, 0.3) is 0 Å². The highest BCUT2D eigenvalue weighted by molar-refractivity contribution is 6.30. The first-order valence-electron chi connectivity index (χ1n) is 9.21. The molecule has 2 aromatic rings. The van der Waals surface area contributed by atoms with Crippen LogP contribution in [0.1, 0.15) is 23.6 Å². The van der Waals surface area contributed by atoms with Crippen molar-refractivity contribution in [2.45, 2.75) is 18.5 Å². The fourth-order valence-corrected chi connectivity index (χ4v) is 3.75. The van der Waals surface area contributed by atoms with E-state index in [1.54, 1.807) is 0 Å². The van der Waals surface area contributed by atoms with E-state index in [-0.39, 0.29) is 18.7 Å². The minimum atomic E-state index is -0.933. The number of nitrogens with zero attached hydrogens (tertiary/aromatic N) is 1. The molecular weight excluding hydrogens is 364 g/mol. The van der Waals surface area contributed by atoms with Gasteiger partial charge in [0.25, 0.3) is 0 Å². The van der Waals surface area contributed by atoms with Gasteiger partial charge in [0.05, 0.1) is 6.04 Å². The molecule has 144 valence electrons. The molecule has 0 spiro atoms. The molecule has 1 fully saturated rings. The molecule has 0 saturated carbocycles. The zero-order valence-electron chi connectivity index (χ0n) is 15.2. The smallest absolute Gasteiger partial charge is 0.329 e. The van der Waals surface area contributed by atoms with Crippen molar-refractivity contribution >= 4 is 17.6 Å². The van der Waals surface area contributed by atoms with Gasteiger partial charge in [0, 0.05) is 37.3 Å². The number of carboxylic acid groups (broad SMARTS) is 1. The van der Waals surface area contributed by atoms with Gasteiger partial charge in [-0.1, -0.05) is 54.1 Å². The number of nitrogens with one attached hydrogen (secondary N) is 1. The van der Waals surface area contributed by atoms with Crippen LogP contribution in [0.15, 0.2) is 54.6 Å². The first kappa shape index (κ1) is 19.8. The maximum atomic E-state index is 10.7. The quantitative estimate of drug-likeness (QED) is 0.680. The molecule has 27 heavy (non-hydrogen) atoms. The average Bonchev–Trinajstić information content (AvgIpc) is 2.69. The highest BCUT2D eigenvalue weighted by Gasteiger charge is 2.30. The maximum absolute atomic E-state index is 10.7. The van der Waals surface area contributed by atoms with Crippen molar-refractivity contribution in [3.8, 4) is 0 Å². The molecule has 2 unspecified atom stereocenters. The summed E-state index contributed by atoms with van der Waals surface area (Å²) in [5, 5.41) is 12.9. The Morgan fingerprint density at radius 3 is 2.59 bits per heavy atom. The summed E-state index contributed by atoms with van der Waals surface area (Å²) in [6.45, 7) is 2.86. The molecule has 0 radical (unpaired) electrons. The molecule has 1 heterocycles. The van der Waals surface area contributed by atoms with E-state index >= 15 is 0 Å². The van der Waals surface area contributed by atoms with Crippen LogP contribution < -0.4 is 5.32 Å². The molecule has 5 nitrogen and oxygen atoms in total. The summed E-state index contributed by atoms with van der Waals surface area (Å²) in [4.78, 5) is 13.1. The third kappa shape index (κ3) is 5.53. The molecule has 6 heteroatoms. The lowest BCUT2D eigenvalue weighted by Crippen LogP contribution is -2.53. The second-order valence-electron chi connectivity index (χ2n) is 6.70. The summed E-state index contributed by atoms with van der Waals surface area (Å²) in [6, 6.07) is 18.9. The Labute approximate surface area is 164 Å². The van der Waals surface area contributed by atoms with Gasteiger partial charge in [-0.25, -0.2) is 4.79 Å². The number of aliphatic carboxylic acids is 1. The molecule has 0 aliphatic carbocycles. The SMILES string of the molecule is O=C(O)COCCC1CNCCN1C(c1ccccc1)c1ccc(Cl)cc1. The van der Waals surface area contributed by atoms with Crippen LogP contribution >= 0.6 is 11.6 Å². The van der Waals surface area contributed by atoms with Crippen molar-refractivity contribution in [3.63, 3.8) is 0 Å². The van der Waals surface area contributed by atoms with Crippen LogP contribution in [-0.4, -0.2) is 54.9 Å². The van der Waals surface area contributed by atoms with Gasteiger partial charge in [0.1, 0.15) is 6.61 Å². The van der Waals surface area contributed by atoms with E-state index in [4.69, 9.17) is 21.4 Å². The topological polar surface area (TPSA) is 61.8 Å². The number of hydrogen-bond acceptors (Lipinski definition) is 4. The third-order valence-electron chi connectivity index (χ3n) is 4.85. The molecule has 0 aromatic heterocycles. The van der Waals surface area contributed by atoms with Crippen LogP contribution in [0.3, 0.4) is 0 Å². The summed E-state index contributed by atoms with van der Waals surface area (Å²) < 4.78 is 5.28.